The van der Waals surface area contributed by atoms with Crippen molar-refractivity contribution >= 4 is 0 Å². The molecule has 4 rings (SSSR count). The predicted octanol–water partition coefficient (Wildman–Crippen LogP) is 5.77. The Morgan fingerprint density at radius 2 is 1.50 bits per heavy atom. The Hall–Kier alpha value is -2.50. The summed E-state index contributed by atoms with van der Waals surface area (Å²) in [6, 6.07) is 29.4. The number of aliphatic hydroxyl groups excluding tert-OH is 1. The van der Waals surface area contributed by atoms with E-state index in [2.05, 4.69) is 81.1 Å². The minimum absolute atomic E-state index is 0.0877. The second kappa shape index (κ2) is 11.7. The van der Waals surface area contributed by atoms with Gasteiger partial charge in [-0.25, -0.2) is 0 Å². The topological polar surface area (TPSA) is 41.9 Å². The number of benzene rings is 3. The van der Waals surface area contributed by atoms with E-state index in [4.69, 9.17) is 9.47 Å². The van der Waals surface area contributed by atoms with Gasteiger partial charge in [-0.1, -0.05) is 113 Å². The highest BCUT2D eigenvalue weighted by molar-refractivity contribution is 5.34. The molecule has 0 bridgehead atoms. The van der Waals surface area contributed by atoms with E-state index in [1.165, 1.54) is 11.1 Å². The lowest BCUT2D eigenvalue weighted by Crippen LogP contribution is -2.39. The Labute approximate surface area is 216 Å². The van der Waals surface area contributed by atoms with Crippen LogP contribution < -0.4 is 0 Å². The minimum Gasteiger partial charge on any atom is -0.395 e. The fraction of sp³-hybridized carbons (Fsp3) is 0.438. The molecule has 2 atom stereocenters. The number of hydrogen-bond donors (Lipinski definition) is 1. The van der Waals surface area contributed by atoms with Crippen LogP contribution in [0.2, 0.25) is 0 Å². The zero-order valence-corrected chi connectivity index (χ0v) is 22.2. The Morgan fingerprint density at radius 1 is 0.917 bits per heavy atom. The normalized spacial score (nSPS) is 18.4. The van der Waals surface area contributed by atoms with E-state index < -0.39 is 5.79 Å². The molecule has 0 aliphatic carbocycles. The average Bonchev–Trinajstić information content (AvgIpc) is 3.30. The summed E-state index contributed by atoms with van der Waals surface area (Å²) in [7, 11) is 0. The van der Waals surface area contributed by atoms with Gasteiger partial charge in [0.25, 0.3) is 0 Å². The van der Waals surface area contributed by atoms with Gasteiger partial charge in [-0.15, -0.1) is 0 Å². The van der Waals surface area contributed by atoms with Crippen LogP contribution in [0.15, 0.2) is 84.9 Å². The first-order chi connectivity index (χ1) is 17.3. The van der Waals surface area contributed by atoms with Crippen LogP contribution in [0.3, 0.4) is 0 Å². The Kier molecular flexibility index (Phi) is 8.63. The molecule has 1 fully saturated rings. The van der Waals surface area contributed by atoms with E-state index in [1.54, 1.807) is 0 Å². The van der Waals surface area contributed by atoms with Gasteiger partial charge in [0.1, 0.15) is 0 Å². The van der Waals surface area contributed by atoms with Crippen LogP contribution in [0.1, 0.15) is 49.9 Å². The van der Waals surface area contributed by atoms with Gasteiger partial charge < -0.3 is 14.6 Å². The van der Waals surface area contributed by atoms with E-state index >= 15 is 0 Å². The number of ether oxygens (including phenoxy) is 2. The maximum atomic E-state index is 9.76. The van der Waals surface area contributed by atoms with Gasteiger partial charge >= 0.3 is 0 Å². The van der Waals surface area contributed by atoms with Crippen LogP contribution in [-0.2, 0) is 27.1 Å². The van der Waals surface area contributed by atoms with Crippen molar-refractivity contribution in [3.63, 3.8) is 0 Å². The summed E-state index contributed by atoms with van der Waals surface area (Å²) < 4.78 is 13.1. The summed E-state index contributed by atoms with van der Waals surface area (Å²) in [4.78, 5) is 2.31. The highest BCUT2D eigenvalue weighted by atomic mass is 16.7. The molecule has 1 N–H and O–H groups in total. The van der Waals surface area contributed by atoms with Crippen LogP contribution in [0.4, 0.5) is 0 Å². The molecule has 0 radical (unpaired) electrons. The fourth-order valence-corrected chi connectivity index (χ4v) is 5.12. The lowest BCUT2D eigenvalue weighted by atomic mass is 9.86. The summed E-state index contributed by atoms with van der Waals surface area (Å²) >= 11 is 0. The molecule has 0 aromatic heterocycles. The van der Waals surface area contributed by atoms with E-state index in [0.717, 1.165) is 30.6 Å². The molecule has 36 heavy (non-hydrogen) atoms. The Balaban J connectivity index is 1.42. The van der Waals surface area contributed by atoms with E-state index in [9.17, 15) is 5.11 Å². The van der Waals surface area contributed by atoms with Gasteiger partial charge in [-0.05, 0) is 28.9 Å². The predicted molar refractivity (Wildman–Crippen MR) is 146 cm³/mol. The first-order valence-corrected chi connectivity index (χ1v) is 13.2. The average molecular weight is 488 g/mol. The van der Waals surface area contributed by atoms with Crippen molar-refractivity contribution in [1.82, 2.24) is 4.90 Å². The third kappa shape index (κ3) is 6.43. The van der Waals surface area contributed by atoms with E-state index in [1.807, 2.05) is 36.4 Å². The highest BCUT2D eigenvalue weighted by Gasteiger charge is 2.45. The summed E-state index contributed by atoms with van der Waals surface area (Å²) in [5.74, 6) is -0.453. The molecule has 3 aromatic carbocycles. The summed E-state index contributed by atoms with van der Waals surface area (Å²) in [5.41, 5.74) is 4.88. The maximum absolute atomic E-state index is 9.76. The second-order valence-electron chi connectivity index (χ2n) is 11.1. The molecule has 3 aromatic rings. The van der Waals surface area contributed by atoms with Crippen molar-refractivity contribution < 1.29 is 14.6 Å². The molecule has 0 spiro atoms. The van der Waals surface area contributed by atoms with Crippen molar-refractivity contribution in [1.29, 1.82) is 0 Å². The standard InChI is InChI=1S/C32H41NO3/c1-25(21-26-15-17-27(18-16-26)31(2,3)4)22-33(19-20-34)23-30-24-35-32(36-30,28-11-7-5-8-12-28)29-13-9-6-10-14-29/h5-18,25,30,34H,19-24H2,1-4H3. The molecule has 2 unspecified atom stereocenters. The quantitative estimate of drug-likeness (QED) is 0.394. The van der Waals surface area contributed by atoms with Crippen molar-refractivity contribution in [2.75, 3.05) is 32.8 Å². The number of hydrogen-bond acceptors (Lipinski definition) is 4. The largest absolute Gasteiger partial charge is 0.395 e. The fourth-order valence-electron chi connectivity index (χ4n) is 5.12. The zero-order chi connectivity index (χ0) is 25.6. The lowest BCUT2D eigenvalue weighted by molar-refractivity contribution is -0.144. The van der Waals surface area contributed by atoms with Crippen LogP contribution in [0.5, 0.6) is 0 Å². The van der Waals surface area contributed by atoms with Gasteiger partial charge in [0.2, 0.25) is 5.79 Å². The van der Waals surface area contributed by atoms with Crippen molar-refractivity contribution in [3.05, 3.63) is 107 Å². The lowest BCUT2D eigenvalue weighted by Gasteiger charge is -2.31. The first kappa shape index (κ1) is 26.6. The molecule has 1 saturated heterocycles. The van der Waals surface area contributed by atoms with E-state index in [-0.39, 0.29) is 18.1 Å². The van der Waals surface area contributed by atoms with Crippen LogP contribution in [0, 0.1) is 5.92 Å². The molecule has 4 nitrogen and oxygen atoms in total. The SMILES string of the molecule is CC(Cc1ccc(C(C)(C)C)cc1)CN(CCO)CC1COC(c2ccccc2)(c2ccccc2)O1. The number of aliphatic hydroxyl groups is 1. The molecule has 192 valence electrons. The third-order valence-corrected chi connectivity index (χ3v) is 6.96. The maximum Gasteiger partial charge on any atom is 0.222 e. The first-order valence-electron chi connectivity index (χ1n) is 13.2. The Bertz CT molecular complexity index is 1020. The van der Waals surface area contributed by atoms with Crippen LogP contribution >= 0.6 is 0 Å². The van der Waals surface area contributed by atoms with Gasteiger partial charge in [-0.3, -0.25) is 4.90 Å². The molecular formula is C32H41NO3. The van der Waals surface area contributed by atoms with Crippen molar-refractivity contribution in [2.45, 2.75) is 51.4 Å². The molecule has 0 saturated carbocycles. The molecular weight excluding hydrogens is 446 g/mol. The zero-order valence-electron chi connectivity index (χ0n) is 22.2. The van der Waals surface area contributed by atoms with Gasteiger partial charge in [0, 0.05) is 30.8 Å². The molecule has 1 aliphatic heterocycles. The number of rotatable bonds is 10. The van der Waals surface area contributed by atoms with Crippen molar-refractivity contribution in [3.8, 4) is 0 Å². The second-order valence-corrected chi connectivity index (χ2v) is 11.1. The molecule has 1 heterocycles. The van der Waals surface area contributed by atoms with Gasteiger partial charge in [0.15, 0.2) is 0 Å². The summed E-state index contributed by atoms with van der Waals surface area (Å²) in [6.45, 7) is 11.9. The summed E-state index contributed by atoms with van der Waals surface area (Å²) in [6.07, 6.45) is 0.919. The highest BCUT2D eigenvalue weighted by Crippen LogP contribution is 2.40. The van der Waals surface area contributed by atoms with Gasteiger partial charge in [0.05, 0.1) is 19.3 Å². The minimum atomic E-state index is -0.904. The van der Waals surface area contributed by atoms with Crippen LogP contribution in [0.25, 0.3) is 0 Å². The number of nitrogens with zero attached hydrogens (tertiary/aromatic N) is 1. The molecule has 1 aliphatic rings. The van der Waals surface area contributed by atoms with Crippen LogP contribution in [-0.4, -0.2) is 49.0 Å². The van der Waals surface area contributed by atoms with Crippen molar-refractivity contribution in [2.24, 2.45) is 5.92 Å². The van der Waals surface area contributed by atoms with E-state index in [0.29, 0.717) is 19.1 Å². The Morgan fingerprint density at radius 3 is 2.03 bits per heavy atom. The molecule has 0 amide bonds. The summed E-state index contributed by atoms with van der Waals surface area (Å²) in [5, 5.41) is 9.76. The van der Waals surface area contributed by atoms with Gasteiger partial charge in [-0.2, -0.15) is 0 Å². The monoisotopic (exact) mass is 487 g/mol. The third-order valence-electron chi connectivity index (χ3n) is 6.96. The molecule has 4 heteroatoms. The smallest absolute Gasteiger partial charge is 0.222 e.